The van der Waals surface area contributed by atoms with Gasteiger partial charge in [0, 0.05) is 27.2 Å². The fourth-order valence-electron chi connectivity index (χ4n) is 1.43. The summed E-state index contributed by atoms with van der Waals surface area (Å²) >= 11 is 0. The maximum Gasteiger partial charge on any atom is 0.326 e. The first-order valence-corrected chi connectivity index (χ1v) is 6.22. The Morgan fingerprint density at radius 2 is 2.00 bits per heavy atom. The van der Waals surface area contributed by atoms with E-state index in [0.717, 1.165) is 6.61 Å². The molecule has 2 amide bonds. The van der Waals surface area contributed by atoms with Crippen LogP contribution in [0.2, 0.25) is 0 Å². The molecule has 6 nitrogen and oxygen atoms in total. The van der Waals surface area contributed by atoms with Gasteiger partial charge in [-0.25, -0.2) is 9.59 Å². The molecule has 18 heavy (non-hydrogen) atoms. The minimum atomic E-state index is -1.01. The summed E-state index contributed by atoms with van der Waals surface area (Å²) in [6.45, 7) is 3.22. The molecule has 0 heterocycles. The topological polar surface area (TPSA) is 70.1 Å². The van der Waals surface area contributed by atoms with Gasteiger partial charge in [-0.05, 0) is 25.7 Å². The van der Waals surface area contributed by atoms with Gasteiger partial charge in [-0.1, -0.05) is 0 Å². The molecule has 1 unspecified atom stereocenters. The molecule has 0 aromatic heterocycles. The summed E-state index contributed by atoms with van der Waals surface area (Å²) < 4.78 is 5.44. The third-order valence-electron chi connectivity index (χ3n) is 3.19. The highest BCUT2D eigenvalue weighted by molar-refractivity contribution is 5.82. The number of carbonyl (C=O) groups excluding carboxylic acids is 1. The van der Waals surface area contributed by atoms with Crippen molar-refractivity contribution in [1.82, 2.24) is 9.80 Å². The van der Waals surface area contributed by atoms with E-state index in [9.17, 15) is 9.59 Å². The zero-order chi connectivity index (χ0) is 13.7. The number of ether oxygens (including phenoxy) is 1. The first kappa shape index (κ1) is 14.8. The van der Waals surface area contributed by atoms with Crippen LogP contribution in [0.5, 0.6) is 0 Å². The first-order valence-electron chi connectivity index (χ1n) is 6.22. The average molecular weight is 258 g/mol. The van der Waals surface area contributed by atoms with Gasteiger partial charge in [0.15, 0.2) is 0 Å². The van der Waals surface area contributed by atoms with Crippen LogP contribution < -0.4 is 0 Å². The van der Waals surface area contributed by atoms with E-state index in [1.807, 2.05) is 0 Å². The molecule has 0 bridgehead atoms. The second kappa shape index (κ2) is 6.58. The lowest BCUT2D eigenvalue weighted by atomic mass is 10.3. The Labute approximate surface area is 107 Å². The van der Waals surface area contributed by atoms with Crippen LogP contribution in [0.15, 0.2) is 0 Å². The molecular weight excluding hydrogens is 236 g/mol. The van der Waals surface area contributed by atoms with Crippen LogP contribution in [0.4, 0.5) is 4.79 Å². The van der Waals surface area contributed by atoms with Crippen molar-refractivity contribution < 1.29 is 19.4 Å². The van der Waals surface area contributed by atoms with Gasteiger partial charge < -0.3 is 19.6 Å². The summed E-state index contributed by atoms with van der Waals surface area (Å²) in [7, 11) is 3.14. The fraction of sp³-hybridized carbons (Fsp3) is 0.833. The van der Waals surface area contributed by atoms with Crippen LogP contribution in [0.25, 0.3) is 0 Å². The minimum absolute atomic E-state index is 0.306. The second-order valence-electron chi connectivity index (χ2n) is 4.85. The Hall–Kier alpha value is -1.30. The molecule has 104 valence electrons. The maximum absolute atomic E-state index is 11.9. The van der Waals surface area contributed by atoms with Crippen molar-refractivity contribution in [1.29, 1.82) is 0 Å². The van der Waals surface area contributed by atoms with Crippen molar-refractivity contribution in [3.8, 4) is 0 Å². The predicted octanol–water partition coefficient (Wildman–Crippen LogP) is 0.870. The highest BCUT2D eigenvalue weighted by Gasteiger charge is 2.24. The van der Waals surface area contributed by atoms with Crippen molar-refractivity contribution in [2.45, 2.75) is 25.8 Å². The normalized spacial score (nSPS) is 16.2. The van der Waals surface area contributed by atoms with Crippen LogP contribution in [0.3, 0.4) is 0 Å². The maximum atomic E-state index is 11.9. The second-order valence-corrected chi connectivity index (χ2v) is 4.85. The summed E-state index contributed by atoms with van der Waals surface area (Å²) in [5.74, 6) is -0.301. The smallest absolute Gasteiger partial charge is 0.326 e. The quantitative estimate of drug-likeness (QED) is 0.688. The van der Waals surface area contributed by atoms with Gasteiger partial charge in [-0.15, -0.1) is 0 Å². The minimum Gasteiger partial charge on any atom is -0.480 e. The van der Waals surface area contributed by atoms with Crippen molar-refractivity contribution >= 4 is 12.0 Å². The lowest BCUT2D eigenvalue weighted by Gasteiger charge is -2.27. The van der Waals surface area contributed by atoms with E-state index in [-0.39, 0.29) is 6.03 Å². The van der Waals surface area contributed by atoms with E-state index < -0.39 is 12.0 Å². The van der Waals surface area contributed by atoms with E-state index in [2.05, 4.69) is 0 Å². The Morgan fingerprint density at radius 1 is 1.39 bits per heavy atom. The number of hydrogen-bond donors (Lipinski definition) is 1. The summed E-state index contributed by atoms with van der Waals surface area (Å²) in [6.07, 6.45) is 2.49. The molecule has 0 spiro atoms. The monoisotopic (exact) mass is 258 g/mol. The van der Waals surface area contributed by atoms with E-state index in [4.69, 9.17) is 9.84 Å². The fourth-order valence-corrected chi connectivity index (χ4v) is 1.43. The van der Waals surface area contributed by atoms with E-state index in [1.54, 1.807) is 7.05 Å². The number of urea groups is 1. The van der Waals surface area contributed by atoms with Crippen LogP contribution in [-0.2, 0) is 9.53 Å². The van der Waals surface area contributed by atoms with Gasteiger partial charge in [0.2, 0.25) is 0 Å². The van der Waals surface area contributed by atoms with E-state index in [1.165, 1.54) is 36.6 Å². The number of carboxylic acid groups (broad SMARTS) is 1. The summed E-state index contributed by atoms with van der Waals surface area (Å²) in [5.41, 5.74) is 0. The summed E-state index contributed by atoms with van der Waals surface area (Å²) in [6, 6.07) is -1.13. The molecule has 0 aromatic carbocycles. The summed E-state index contributed by atoms with van der Waals surface area (Å²) in [5, 5.41) is 8.83. The molecule has 1 N–H and O–H groups in total. The molecule has 0 aromatic rings. The third kappa shape index (κ3) is 4.52. The van der Waals surface area contributed by atoms with Crippen molar-refractivity contribution in [2.24, 2.45) is 5.92 Å². The van der Waals surface area contributed by atoms with Gasteiger partial charge in [-0.3, -0.25) is 0 Å². The molecule has 6 heteroatoms. The van der Waals surface area contributed by atoms with Crippen LogP contribution >= 0.6 is 0 Å². The molecule has 1 aliphatic carbocycles. The Morgan fingerprint density at radius 3 is 2.50 bits per heavy atom. The summed E-state index contributed by atoms with van der Waals surface area (Å²) in [4.78, 5) is 25.3. The molecule has 0 aliphatic heterocycles. The van der Waals surface area contributed by atoms with Crippen molar-refractivity contribution in [3.63, 3.8) is 0 Å². The van der Waals surface area contributed by atoms with Crippen molar-refractivity contribution in [3.05, 3.63) is 0 Å². The zero-order valence-electron chi connectivity index (χ0n) is 11.3. The van der Waals surface area contributed by atoms with Crippen LogP contribution in [0, 0.1) is 5.92 Å². The van der Waals surface area contributed by atoms with E-state index in [0.29, 0.717) is 19.1 Å². The predicted molar refractivity (Wildman–Crippen MR) is 66.4 cm³/mol. The Bertz CT molecular complexity index is 304. The Balaban J connectivity index is 2.23. The zero-order valence-corrected chi connectivity index (χ0v) is 11.3. The van der Waals surface area contributed by atoms with Crippen LogP contribution in [0.1, 0.15) is 19.8 Å². The molecule has 1 atom stereocenters. The Kier molecular flexibility index (Phi) is 5.40. The van der Waals surface area contributed by atoms with Gasteiger partial charge in [-0.2, -0.15) is 0 Å². The number of likely N-dealkylation sites (N-methyl/N-ethyl adjacent to an activating group) is 2. The molecule has 0 saturated heterocycles. The number of hydrogen-bond acceptors (Lipinski definition) is 3. The van der Waals surface area contributed by atoms with Gasteiger partial charge in [0.05, 0.1) is 6.61 Å². The standard InChI is InChI=1S/C12H22N2O4/c1-9(11(15)16)14(3)12(17)13(2)6-7-18-8-10-4-5-10/h9-10H,4-8H2,1-3H3,(H,15,16). The largest absolute Gasteiger partial charge is 0.480 e. The number of carboxylic acids is 1. The third-order valence-corrected chi connectivity index (χ3v) is 3.19. The number of rotatable bonds is 7. The lowest BCUT2D eigenvalue weighted by Crippen LogP contribution is -2.47. The SMILES string of the molecule is CC(C(=O)O)N(C)C(=O)N(C)CCOCC1CC1. The number of aliphatic carboxylic acids is 1. The molecule has 1 fully saturated rings. The molecule has 1 saturated carbocycles. The number of nitrogens with zero attached hydrogens (tertiary/aromatic N) is 2. The van der Waals surface area contributed by atoms with Crippen LogP contribution in [-0.4, -0.2) is 66.8 Å². The lowest BCUT2D eigenvalue weighted by molar-refractivity contribution is -0.141. The molecule has 1 aliphatic rings. The average Bonchev–Trinajstić information content (AvgIpc) is 3.15. The van der Waals surface area contributed by atoms with E-state index >= 15 is 0 Å². The van der Waals surface area contributed by atoms with Gasteiger partial charge >= 0.3 is 12.0 Å². The first-order chi connectivity index (χ1) is 8.43. The highest BCUT2D eigenvalue weighted by atomic mass is 16.5. The number of carbonyl (C=O) groups is 2. The molecule has 0 radical (unpaired) electrons. The highest BCUT2D eigenvalue weighted by Crippen LogP contribution is 2.28. The number of amides is 2. The van der Waals surface area contributed by atoms with Gasteiger partial charge in [0.1, 0.15) is 6.04 Å². The molecule has 1 rings (SSSR count). The van der Waals surface area contributed by atoms with Crippen molar-refractivity contribution in [2.75, 3.05) is 33.9 Å². The molecular formula is C12H22N2O4. The van der Waals surface area contributed by atoms with Gasteiger partial charge in [0.25, 0.3) is 0 Å².